The molecule has 134 valence electrons. The molecule has 0 spiro atoms. The number of fused-ring (bicyclic) bond motifs is 1. The van der Waals surface area contributed by atoms with E-state index in [2.05, 4.69) is 5.32 Å². The quantitative estimate of drug-likeness (QED) is 0.815. The maximum absolute atomic E-state index is 13.2. The van der Waals surface area contributed by atoms with Gasteiger partial charge in [-0.1, -0.05) is 0 Å². The fraction of sp³-hybridized carbons (Fsp3) is 0.188. The molecule has 0 aliphatic carbocycles. The van der Waals surface area contributed by atoms with Gasteiger partial charge in [0.15, 0.2) is 11.6 Å². The van der Waals surface area contributed by atoms with Gasteiger partial charge in [-0.05, 0) is 24.3 Å². The third kappa shape index (κ3) is 3.86. The molecule has 1 unspecified atom stereocenters. The molecular formula is C16H14ClF3N2O2S. The van der Waals surface area contributed by atoms with Crippen molar-refractivity contribution >= 4 is 36.1 Å². The summed E-state index contributed by atoms with van der Waals surface area (Å²) in [5.41, 5.74) is 6.68. The number of benzene rings is 2. The Kier molecular flexibility index (Phi) is 6.21. The molecule has 3 N–H and O–H groups in total. The van der Waals surface area contributed by atoms with Gasteiger partial charge in [0.25, 0.3) is 5.91 Å². The Bertz CT molecular complexity index is 807. The molecule has 2 aromatic rings. The van der Waals surface area contributed by atoms with E-state index in [1.54, 1.807) is 0 Å². The maximum Gasteiger partial charge on any atom is 0.259 e. The third-order valence-corrected chi connectivity index (χ3v) is 4.23. The van der Waals surface area contributed by atoms with E-state index in [0.717, 1.165) is 12.1 Å². The van der Waals surface area contributed by atoms with Crippen LogP contribution < -0.4 is 15.8 Å². The highest BCUT2D eigenvalue weighted by Crippen LogP contribution is 2.41. The van der Waals surface area contributed by atoms with Crippen LogP contribution in [0.4, 0.5) is 18.4 Å². The van der Waals surface area contributed by atoms with Gasteiger partial charge in [0.05, 0.1) is 24.3 Å². The van der Waals surface area contributed by atoms with E-state index in [0.29, 0.717) is 23.5 Å². The van der Waals surface area contributed by atoms with E-state index in [1.807, 2.05) is 0 Å². The number of amides is 1. The highest BCUT2D eigenvalue weighted by atomic mass is 35.5. The van der Waals surface area contributed by atoms with Gasteiger partial charge in [0.2, 0.25) is 0 Å². The van der Waals surface area contributed by atoms with Crippen molar-refractivity contribution in [2.24, 2.45) is 5.73 Å². The third-order valence-electron chi connectivity index (χ3n) is 3.71. The average Bonchev–Trinajstić information content (AvgIpc) is 2.57. The van der Waals surface area contributed by atoms with Crippen molar-refractivity contribution in [1.82, 2.24) is 0 Å². The van der Waals surface area contributed by atoms with Crippen molar-refractivity contribution in [2.45, 2.75) is 17.4 Å². The van der Waals surface area contributed by atoms with Crippen LogP contribution in [0.15, 0.2) is 35.2 Å². The highest BCUT2D eigenvalue weighted by Gasteiger charge is 2.27. The zero-order valence-corrected chi connectivity index (χ0v) is 14.4. The van der Waals surface area contributed by atoms with E-state index in [9.17, 15) is 17.5 Å². The molecule has 9 heteroatoms. The first-order chi connectivity index (χ1) is 11.5. The second-order valence-corrected chi connectivity index (χ2v) is 5.85. The van der Waals surface area contributed by atoms with Gasteiger partial charge in [0, 0.05) is 34.7 Å². The zero-order chi connectivity index (χ0) is 17.3. The van der Waals surface area contributed by atoms with Crippen LogP contribution >= 0.6 is 24.6 Å². The zero-order valence-electron chi connectivity index (χ0n) is 12.7. The summed E-state index contributed by atoms with van der Waals surface area (Å²) in [7, 11) is 0. The number of nitrogens with one attached hydrogen (secondary N) is 1. The standard InChI is InChI=1S/C16H13F3N2O2S.ClH/c17-10-3-1-8(7-11(10)18)21-16(22)9-2-4-13(24-19)14-12(20)5-6-23-15(9)14;/h1-4,7,12H,5-6,20H2,(H,21,22);1H. The van der Waals surface area contributed by atoms with Crippen molar-refractivity contribution in [3.8, 4) is 5.75 Å². The molecule has 0 bridgehead atoms. The molecule has 0 saturated heterocycles. The van der Waals surface area contributed by atoms with Crippen LogP contribution in [0, 0.1) is 11.6 Å². The highest BCUT2D eigenvalue weighted by molar-refractivity contribution is 7.94. The van der Waals surface area contributed by atoms with Crippen molar-refractivity contribution < 1.29 is 22.2 Å². The summed E-state index contributed by atoms with van der Waals surface area (Å²) in [6.07, 6.45) is 0.509. The van der Waals surface area contributed by atoms with Crippen LogP contribution in [0.3, 0.4) is 0 Å². The molecule has 0 radical (unpaired) electrons. The minimum Gasteiger partial charge on any atom is -0.492 e. The number of carbonyl (C=O) groups excluding carboxylic acids is 1. The number of hydrogen-bond donors (Lipinski definition) is 2. The fourth-order valence-electron chi connectivity index (χ4n) is 2.54. The number of halogens is 4. The Hall–Kier alpha value is -1.90. The number of nitrogens with two attached hydrogens (primary N) is 1. The second-order valence-electron chi connectivity index (χ2n) is 5.26. The van der Waals surface area contributed by atoms with Crippen LogP contribution in [-0.4, -0.2) is 12.5 Å². The lowest BCUT2D eigenvalue weighted by Crippen LogP contribution is -2.24. The van der Waals surface area contributed by atoms with Gasteiger partial charge in [-0.25, -0.2) is 8.78 Å². The molecule has 1 aliphatic heterocycles. The Morgan fingerprint density at radius 2 is 2.00 bits per heavy atom. The summed E-state index contributed by atoms with van der Waals surface area (Å²) in [6, 6.07) is 5.43. The summed E-state index contributed by atoms with van der Waals surface area (Å²) < 4.78 is 44.8. The summed E-state index contributed by atoms with van der Waals surface area (Å²) in [5.74, 6) is -2.44. The van der Waals surface area contributed by atoms with E-state index >= 15 is 0 Å². The molecule has 0 saturated carbocycles. The molecular weight excluding hydrogens is 377 g/mol. The molecule has 1 aliphatic rings. The molecule has 3 rings (SSSR count). The number of carbonyl (C=O) groups is 1. The summed E-state index contributed by atoms with van der Waals surface area (Å²) in [6.45, 7) is 0.306. The number of hydrogen-bond acceptors (Lipinski definition) is 4. The van der Waals surface area contributed by atoms with Crippen LogP contribution in [-0.2, 0) is 0 Å². The molecule has 0 fully saturated rings. The van der Waals surface area contributed by atoms with Crippen molar-refractivity contribution in [3.05, 3.63) is 53.1 Å². The lowest BCUT2D eigenvalue weighted by molar-refractivity contribution is 0.102. The first-order valence-corrected chi connectivity index (χ1v) is 7.83. The summed E-state index contributed by atoms with van der Waals surface area (Å²) in [5, 5.41) is 2.46. The Morgan fingerprint density at radius 3 is 2.68 bits per heavy atom. The normalized spacial score (nSPS) is 15.6. The van der Waals surface area contributed by atoms with Gasteiger partial charge in [0.1, 0.15) is 5.75 Å². The minimum atomic E-state index is -1.07. The summed E-state index contributed by atoms with van der Waals surface area (Å²) in [4.78, 5) is 12.7. The van der Waals surface area contributed by atoms with Gasteiger partial charge < -0.3 is 15.8 Å². The van der Waals surface area contributed by atoms with Gasteiger partial charge >= 0.3 is 0 Å². The largest absolute Gasteiger partial charge is 0.492 e. The Balaban J connectivity index is 0.00000225. The lowest BCUT2D eigenvalue weighted by atomic mass is 9.97. The van der Waals surface area contributed by atoms with Crippen molar-refractivity contribution in [3.63, 3.8) is 0 Å². The van der Waals surface area contributed by atoms with E-state index in [-0.39, 0.29) is 41.6 Å². The topological polar surface area (TPSA) is 64.3 Å². The van der Waals surface area contributed by atoms with E-state index in [1.165, 1.54) is 18.2 Å². The number of ether oxygens (including phenoxy) is 1. The van der Waals surface area contributed by atoms with Gasteiger partial charge in [-0.3, -0.25) is 4.79 Å². The predicted molar refractivity (Wildman–Crippen MR) is 92.0 cm³/mol. The van der Waals surface area contributed by atoms with Crippen LogP contribution in [0.5, 0.6) is 5.75 Å². The van der Waals surface area contributed by atoms with Gasteiger partial charge in [-0.15, -0.1) is 12.4 Å². The van der Waals surface area contributed by atoms with Crippen LogP contribution in [0.1, 0.15) is 28.4 Å². The fourth-order valence-corrected chi connectivity index (χ4v) is 2.99. The molecule has 2 aromatic carbocycles. The summed E-state index contributed by atoms with van der Waals surface area (Å²) >= 11 is 0.0322. The Morgan fingerprint density at radius 1 is 1.24 bits per heavy atom. The smallest absolute Gasteiger partial charge is 0.259 e. The minimum absolute atomic E-state index is 0. The monoisotopic (exact) mass is 390 g/mol. The molecule has 0 aromatic heterocycles. The molecule has 4 nitrogen and oxygen atoms in total. The first-order valence-electron chi connectivity index (χ1n) is 7.11. The second kappa shape index (κ2) is 7.99. The van der Waals surface area contributed by atoms with Crippen LogP contribution in [0.25, 0.3) is 0 Å². The SMILES string of the molecule is Cl.NC1CCOc2c(C(=O)Nc3ccc(F)c(F)c3)ccc(SF)c21. The number of rotatable bonds is 3. The van der Waals surface area contributed by atoms with Crippen molar-refractivity contribution in [2.75, 3.05) is 11.9 Å². The molecule has 25 heavy (non-hydrogen) atoms. The molecule has 1 atom stereocenters. The van der Waals surface area contributed by atoms with Crippen LogP contribution in [0.2, 0.25) is 0 Å². The number of anilines is 1. The predicted octanol–water partition coefficient (Wildman–Crippen LogP) is 4.40. The maximum atomic E-state index is 13.2. The van der Waals surface area contributed by atoms with E-state index in [4.69, 9.17) is 10.5 Å². The lowest BCUT2D eigenvalue weighted by Gasteiger charge is -2.26. The van der Waals surface area contributed by atoms with Crippen molar-refractivity contribution in [1.29, 1.82) is 0 Å². The van der Waals surface area contributed by atoms with Gasteiger partial charge in [-0.2, -0.15) is 3.89 Å². The average molecular weight is 391 g/mol. The van der Waals surface area contributed by atoms with E-state index < -0.39 is 23.6 Å². The Labute approximate surface area is 152 Å². The molecule has 1 amide bonds. The molecule has 1 heterocycles. The first kappa shape index (κ1) is 19.4.